The standard InChI is InChI=1S/C15H21N5O/c1-11-4-5-12(16)10-13(11)15(21)17-14-6-7-20(18-14)9-8-19(2)3/h4-7,10H,8-9,16H2,1-3H3,(H,17,18,21). The van der Waals surface area contributed by atoms with Gasteiger partial charge >= 0.3 is 0 Å². The largest absolute Gasteiger partial charge is 0.399 e. The molecule has 112 valence electrons. The predicted octanol–water partition coefficient (Wildman–Crippen LogP) is 1.59. The SMILES string of the molecule is Cc1ccc(N)cc1C(=O)Nc1ccn(CCN(C)C)n1. The topological polar surface area (TPSA) is 76.2 Å². The number of aryl methyl sites for hydroxylation is 1. The fourth-order valence-electron chi connectivity index (χ4n) is 1.92. The highest BCUT2D eigenvalue weighted by molar-refractivity contribution is 6.05. The molecule has 3 N–H and O–H groups in total. The molecule has 1 aromatic heterocycles. The molecule has 0 atom stereocenters. The molecule has 0 spiro atoms. The van der Waals surface area contributed by atoms with E-state index in [-0.39, 0.29) is 5.91 Å². The molecule has 0 saturated heterocycles. The van der Waals surface area contributed by atoms with Crippen molar-refractivity contribution in [3.05, 3.63) is 41.6 Å². The van der Waals surface area contributed by atoms with Crippen molar-refractivity contribution in [3.8, 4) is 0 Å². The van der Waals surface area contributed by atoms with E-state index in [1.807, 2.05) is 38.0 Å². The Morgan fingerprint density at radius 1 is 1.38 bits per heavy atom. The molecule has 0 bridgehead atoms. The van der Waals surface area contributed by atoms with Crippen molar-refractivity contribution in [2.45, 2.75) is 13.5 Å². The van der Waals surface area contributed by atoms with Gasteiger partial charge in [0.05, 0.1) is 6.54 Å². The lowest BCUT2D eigenvalue weighted by atomic mass is 10.1. The Labute approximate surface area is 124 Å². The fraction of sp³-hybridized carbons (Fsp3) is 0.333. The number of nitrogens with two attached hydrogens (primary N) is 1. The second-order valence-corrected chi connectivity index (χ2v) is 5.30. The van der Waals surface area contributed by atoms with Crippen LogP contribution in [0.15, 0.2) is 30.5 Å². The summed E-state index contributed by atoms with van der Waals surface area (Å²) in [6.45, 7) is 3.55. The average molecular weight is 287 g/mol. The van der Waals surface area contributed by atoms with Crippen molar-refractivity contribution >= 4 is 17.4 Å². The maximum atomic E-state index is 12.2. The highest BCUT2D eigenvalue weighted by Gasteiger charge is 2.11. The first-order valence-corrected chi connectivity index (χ1v) is 6.81. The Bertz CT molecular complexity index is 633. The number of nitrogens with zero attached hydrogens (tertiary/aromatic N) is 3. The van der Waals surface area contributed by atoms with Crippen LogP contribution in [-0.2, 0) is 6.54 Å². The lowest BCUT2D eigenvalue weighted by Gasteiger charge is -2.09. The normalized spacial score (nSPS) is 10.9. The minimum absolute atomic E-state index is 0.197. The molecule has 0 fully saturated rings. The molecule has 2 rings (SSSR count). The summed E-state index contributed by atoms with van der Waals surface area (Å²) < 4.78 is 1.81. The molecule has 0 saturated carbocycles. The number of rotatable bonds is 5. The van der Waals surface area contributed by atoms with Crippen LogP contribution in [-0.4, -0.2) is 41.2 Å². The minimum Gasteiger partial charge on any atom is -0.399 e. The van der Waals surface area contributed by atoms with E-state index < -0.39 is 0 Å². The quantitative estimate of drug-likeness (QED) is 0.819. The summed E-state index contributed by atoms with van der Waals surface area (Å²) in [7, 11) is 4.02. The smallest absolute Gasteiger partial charge is 0.257 e. The summed E-state index contributed by atoms with van der Waals surface area (Å²) in [6.07, 6.45) is 1.85. The van der Waals surface area contributed by atoms with Crippen molar-refractivity contribution in [2.75, 3.05) is 31.7 Å². The minimum atomic E-state index is -0.197. The van der Waals surface area contributed by atoms with Crippen LogP contribution in [0.3, 0.4) is 0 Å². The summed E-state index contributed by atoms with van der Waals surface area (Å²) in [6, 6.07) is 7.07. The van der Waals surface area contributed by atoms with Crippen LogP contribution in [0.25, 0.3) is 0 Å². The summed E-state index contributed by atoms with van der Waals surface area (Å²) in [5.41, 5.74) is 7.75. The zero-order chi connectivity index (χ0) is 15.4. The van der Waals surface area contributed by atoms with E-state index in [4.69, 9.17) is 5.73 Å². The number of nitrogen functional groups attached to an aromatic ring is 1. The van der Waals surface area contributed by atoms with Crippen molar-refractivity contribution in [1.29, 1.82) is 0 Å². The van der Waals surface area contributed by atoms with Gasteiger partial charge < -0.3 is 16.0 Å². The number of benzene rings is 1. The zero-order valence-corrected chi connectivity index (χ0v) is 12.6. The summed E-state index contributed by atoms with van der Waals surface area (Å²) in [5, 5.41) is 7.12. The maximum Gasteiger partial charge on any atom is 0.257 e. The Morgan fingerprint density at radius 2 is 2.14 bits per heavy atom. The number of amides is 1. The molecule has 2 aromatic rings. The second-order valence-electron chi connectivity index (χ2n) is 5.30. The molecule has 0 unspecified atom stereocenters. The Kier molecular flexibility index (Phi) is 4.59. The number of aromatic nitrogens is 2. The predicted molar refractivity (Wildman–Crippen MR) is 84.3 cm³/mol. The highest BCUT2D eigenvalue weighted by atomic mass is 16.1. The van der Waals surface area contributed by atoms with Gasteiger partial charge in [-0.1, -0.05) is 6.07 Å². The van der Waals surface area contributed by atoms with E-state index in [9.17, 15) is 4.79 Å². The number of carbonyl (C=O) groups is 1. The van der Waals surface area contributed by atoms with Gasteiger partial charge in [0.1, 0.15) is 0 Å². The van der Waals surface area contributed by atoms with Gasteiger partial charge in [-0.3, -0.25) is 9.48 Å². The van der Waals surface area contributed by atoms with Gasteiger partial charge in [0, 0.05) is 30.1 Å². The average Bonchev–Trinajstić information content (AvgIpc) is 2.86. The molecule has 1 aromatic carbocycles. The Balaban J connectivity index is 2.04. The van der Waals surface area contributed by atoms with Crippen LogP contribution < -0.4 is 11.1 Å². The molecule has 0 radical (unpaired) electrons. The second kappa shape index (κ2) is 6.41. The molecule has 0 aliphatic heterocycles. The lowest BCUT2D eigenvalue weighted by Crippen LogP contribution is -2.19. The fourth-order valence-corrected chi connectivity index (χ4v) is 1.92. The van der Waals surface area contributed by atoms with Crippen LogP contribution in [0.5, 0.6) is 0 Å². The zero-order valence-electron chi connectivity index (χ0n) is 12.6. The van der Waals surface area contributed by atoms with Gasteiger partial charge in [0.2, 0.25) is 0 Å². The first-order chi connectivity index (χ1) is 9.95. The third-order valence-electron chi connectivity index (χ3n) is 3.16. The van der Waals surface area contributed by atoms with E-state index in [0.29, 0.717) is 17.1 Å². The van der Waals surface area contributed by atoms with Gasteiger partial charge in [-0.2, -0.15) is 5.10 Å². The van der Waals surface area contributed by atoms with Crippen LogP contribution >= 0.6 is 0 Å². The molecule has 0 aliphatic carbocycles. The van der Waals surface area contributed by atoms with Gasteiger partial charge in [-0.15, -0.1) is 0 Å². The van der Waals surface area contributed by atoms with Crippen LogP contribution in [0, 0.1) is 6.92 Å². The number of anilines is 2. The molecular weight excluding hydrogens is 266 g/mol. The summed E-state index contributed by atoms with van der Waals surface area (Å²) >= 11 is 0. The van der Waals surface area contributed by atoms with E-state index in [0.717, 1.165) is 18.7 Å². The molecule has 6 heteroatoms. The first-order valence-electron chi connectivity index (χ1n) is 6.81. The maximum absolute atomic E-state index is 12.2. The van der Waals surface area contributed by atoms with Gasteiger partial charge in [0.25, 0.3) is 5.91 Å². The Hall–Kier alpha value is -2.34. The number of hydrogen-bond donors (Lipinski definition) is 2. The number of nitrogens with one attached hydrogen (secondary N) is 1. The monoisotopic (exact) mass is 287 g/mol. The van der Waals surface area contributed by atoms with E-state index in [1.165, 1.54) is 0 Å². The molecule has 6 nitrogen and oxygen atoms in total. The van der Waals surface area contributed by atoms with Crippen LogP contribution in [0.1, 0.15) is 15.9 Å². The molecular formula is C15H21N5O. The number of hydrogen-bond acceptors (Lipinski definition) is 4. The molecule has 0 aliphatic rings. The van der Waals surface area contributed by atoms with Crippen molar-refractivity contribution in [3.63, 3.8) is 0 Å². The molecule has 1 amide bonds. The van der Waals surface area contributed by atoms with E-state index in [2.05, 4.69) is 15.3 Å². The summed E-state index contributed by atoms with van der Waals surface area (Å²) in [5.74, 6) is 0.346. The van der Waals surface area contributed by atoms with Crippen molar-refractivity contribution in [1.82, 2.24) is 14.7 Å². The van der Waals surface area contributed by atoms with Crippen LogP contribution in [0.2, 0.25) is 0 Å². The highest BCUT2D eigenvalue weighted by Crippen LogP contribution is 2.14. The third kappa shape index (κ3) is 4.06. The first kappa shape index (κ1) is 15.1. The van der Waals surface area contributed by atoms with Gasteiger partial charge in [-0.25, -0.2) is 0 Å². The molecule has 1 heterocycles. The Morgan fingerprint density at radius 3 is 2.86 bits per heavy atom. The van der Waals surface area contributed by atoms with E-state index in [1.54, 1.807) is 18.2 Å². The third-order valence-corrected chi connectivity index (χ3v) is 3.16. The van der Waals surface area contributed by atoms with E-state index >= 15 is 0 Å². The summed E-state index contributed by atoms with van der Waals surface area (Å²) in [4.78, 5) is 14.3. The van der Waals surface area contributed by atoms with Crippen molar-refractivity contribution in [2.24, 2.45) is 0 Å². The number of likely N-dealkylation sites (N-methyl/N-ethyl adjacent to an activating group) is 1. The van der Waals surface area contributed by atoms with Crippen molar-refractivity contribution < 1.29 is 4.79 Å². The number of carbonyl (C=O) groups excluding carboxylic acids is 1. The van der Waals surface area contributed by atoms with Gasteiger partial charge in [0.15, 0.2) is 5.82 Å². The molecule has 21 heavy (non-hydrogen) atoms. The van der Waals surface area contributed by atoms with Gasteiger partial charge in [-0.05, 0) is 38.7 Å². The lowest BCUT2D eigenvalue weighted by molar-refractivity contribution is 0.102. The van der Waals surface area contributed by atoms with Crippen LogP contribution in [0.4, 0.5) is 11.5 Å².